The zero-order chi connectivity index (χ0) is 21.8. The number of rotatable bonds is 3. The number of carbonyl (C=O) groups is 2. The first kappa shape index (κ1) is 22.0. The summed E-state index contributed by atoms with van der Waals surface area (Å²) < 4.78 is 5.83. The van der Waals surface area contributed by atoms with E-state index in [1.807, 2.05) is 20.9 Å². The van der Waals surface area contributed by atoms with Crippen molar-refractivity contribution < 1.29 is 14.3 Å². The van der Waals surface area contributed by atoms with Crippen LogP contribution in [0.25, 0.3) is 0 Å². The van der Waals surface area contributed by atoms with Crippen LogP contribution in [0, 0.1) is 34.5 Å². The number of ether oxygens (including phenoxy) is 1. The van der Waals surface area contributed by atoms with Crippen LogP contribution >= 0.6 is 0 Å². The van der Waals surface area contributed by atoms with Crippen LogP contribution in [-0.2, 0) is 9.53 Å². The van der Waals surface area contributed by atoms with E-state index in [1.54, 1.807) is 0 Å². The molecule has 1 unspecified atom stereocenters. The van der Waals surface area contributed by atoms with Crippen LogP contribution in [-0.4, -0.2) is 42.1 Å². The van der Waals surface area contributed by atoms with Crippen molar-refractivity contribution in [3.8, 4) is 0 Å². The molecule has 5 nitrogen and oxygen atoms in total. The molecule has 1 saturated heterocycles. The van der Waals surface area contributed by atoms with Crippen molar-refractivity contribution in [2.45, 2.75) is 104 Å². The van der Waals surface area contributed by atoms with E-state index >= 15 is 0 Å². The zero-order valence-electron chi connectivity index (χ0n) is 19.9. The van der Waals surface area contributed by atoms with E-state index in [9.17, 15) is 9.59 Å². The standard InChI is InChI=1S/C25H42N2O3/c1-15(2)26-23(29)30-16(3)18-8-9-19-17-7-10-21-25(5,14-12-22(28)27(21)6)20(17)11-13-24(18,19)4/h15-21H,7-14H2,1-6H3,(H,26,29)/t16?,17-,18+,19-,20-,21+,24+,25+/m0/s1. The maximum atomic E-state index is 12.3. The summed E-state index contributed by atoms with van der Waals surface area (Å²) in [6.45, 7) is 11.0. The number of piperidine rings is 1. The average Bonchev–Trinajstić information content (AvgIpc) is 3.01. The average molecular weight is 419 g/mol. The minimum Gasteiger partial charge on any atom is -0.446 e. The van der Waals surface area contributed by atoms with Gasteiger partial charge in [-0.1, -0.05) is 13.8 Å². The summed E-state index contributed by atoms with van der Waals surface area (Å²) in [6, 6.07) is 0.520. The number of hydrogen-bond acceptors (Lipinski definition) is 3. The third-order valence-corrected chi connectivity index (χ3v) is 9.90. The summed E-state index contributed by atoms with van der Waals surface area (Å²) in [7, 11) is 2.03. The highest BCUT2D eigenvalue weighted by Crippen LogP contribution is 2.66. The summed E-state index contributed by atoms with van der Waals surface area (Å²) in [5.74, 6) is 2.99. The van der Waals surface area contributed by atoms with Gasteiger partial charge >= 0.3 is 6.09 Å². The Bertz CT molecular complexity index is 694. The van der Waals surface area contributed by atoms with Crippen LogP contribution in [0.2, 0.25) is 0 Å². The predicted molar refractivity (Wildman–Crippen MR) is 118 cm³/mol. The van der Waals surface area contributed by atoms with Crippen molar-refractivity contribution in [1.82, 2.24) is 10.2 Å². The second-order valence-electron chi connectivity index (χ2n) is 11.6. The Kier molecular flexibility index (Phi) is 5.64. The van der Waals surface area contributed by atoms with E-state index in [1.165, 1.54) is 32.1 Å². The lowest BCUT2D eigenvalue weighted by atomic mass is 9.46. The molecule has 1 aliphatic heterocycles. The number of nitrogens with one attached hydrogen (secondary N) is 1. The predicted octanol–water partition coefficient (Wildman–Crippen LogP) is 4.99. The minimum absolute atomic E-state index is 0.0411. The van der Waals surface area contributed by atoms with Crippen molar-refractivity contribution in [3.63, 3.8) is 0 Å². The third kappa shape index (κ3) is 3.35. The lowest BCUT2D eigenvalue weighted by Crippen LogP contribution is -2.61. The Hall–Kier alpha value is -1.26. The molecule has 4 rings (SSSR count). The number of hydrogen-bond donors (Lipinski definition) is 1. The molecule has 0 aromatic carbocycles. The largest absolute Gasteiger partial charge is 0.446 e. The maximum Gasteiger partial charge on any atom is 0.407 e. The lowest BCUT2D eigenvalue weighted by molar-refractivity contribution is -0.159. The Morgan fingerprint density at radius 2 is 1.73 bits per heavy atom. The zero-order valence-corrected chi connectivity index (χ0v) is 19.9. The molecule has 170 valence electrons. The molecule has 8 atom stereocenters. The first-order valence-corrected chi connectivity index (χ1v) is 12.3. The Balaban J connectivity index is 1.50. The van der Waals surface area contributed by atoms with E-state index in [2.05, 4.69) is 31.0 Å². The van der Waals surface area contributed by atoms with E-state index in [4.69, 9.17) is 4.74 Å². The molecule has 5 heteroatoms. The van der Waals surface area contributed by atoms with Crippen LogP contribution in [0.15, 0.2) is 0 Å². The summed E-state index contributed by atoms with van der Waals surface area (Å²) >= 11 is 0. The highest BCUT2D eigenvalue weighted by Gasteiger charge is 2.61. The summed E-state index contributed by atoms with van der Waals surface area (Å²) in [4.78, 5) is 26.6. The van der Waals surface area contributed by atoms with Crippen molar-refractivity contribution in [2.75, 3.05) is 7.05 Å². The highest BCUT2D eigenvalue weighted by molar-refractivity contribution is 5.77. The molecule has 4 aliphatic rings. The van der Waals surface area contributed by atoms with Gasteiger partial charge in [-0.25, -0.2) is 4.79 Å². The maximum absolute atomic E-state index is 12.3. The van der Waals surface area contributed by atoms with Gasteiger partial charge in [0, 0.05) is 31.5 Å². The molecule has 0 spiro atoms. The summed E-state index contributed by atoms with van der Waals surface area (Å²) in [5, 5.41) is 2.88. The van der Waals surface area contributed by atoms with Crippen molar-refractivity contribution >= 4 is 12.0 Å². The van der Waals surface area contributed by atoms with Gasteiger partial charge in [-0.15, -0.1) is 0 Å². The normalized spacial score (nSPS) is 44.2. The van der Waals surface area contributed by atoms with Gasteiger partial charge in [-0.05, 0) is 94.3 Å². The molecule has 0 aromatic heterocycles. The van der Waals surface area contributed by atoms with Crippen LogP contribution in [0.4, 0.5) is 4.79 Å². The molecular formula is C25H42N2O3. The van der Waals surface area contributed by atoms with Gasteiger partial charge in [0.2, 0.25) is 5.91 Å². The molecule has 0 aromatic rings. The molecule has 1 N–H and O–H groups in total. The molecule has 1 heterocycles. The van der Waals surface area contributed by atoms with E-state index in [0.29, 0.717) is 24.3 Å². The van der Waals surface area contributed by atoms with Gasteiger partial charge in [0.15, 0.2) is 0 Å². The number of amides is 2. The summed E-state index contributed by atoms with van der Waals surface area (Å²) in [6.07, 6.45) is 8.77. The Labute approximate surface area is 182 Å². The second-order valence-corrected chi connectivity index (χ2v) is 11.6. The van der Waals surface area contributed by atoms with Crippen molar-refractivity contribution in [3.05, 3.63) is 0 Å². The number of alkyl carbamates (subject to hydrolysis) is 1. The summed E-state index contributed by atoms with van der Waals surface area (Å²) in [5.41, 5.74) is 0.530. The van der Waals surface area contributed by atoms with E-state index < -0.39 is 0 Å². The van der Waals surface area contributed by atoms with Crippen LogP contribution < -0.4 is 5.32 Å². The first-order chi connectivity index (χ1) is 14.1. The SMILES string of the molecule is CC(C)NC(=O)OC(C)[C@H]1CC[C@H]2[C@@H]3CC[C@H]4N(C)C(=O)CC[C@]4(C)[C@H]3CC[C@]12C. The Morgan fingerprint density at radius 3 is 2.43 bits per heavy atom. The fourth-order valence-electron chi connectivity index (χ4n) is 8.48. The third-order valence-electron chi connectivity index (χ3n) is 9.90. The smallest absolute Gasteiger partial charge is 0.407 e. The molecule has 3 saturated carbocycles. The van der Waals surface area contributed by atoms with E-state index in [-0.39, 0.29) is 29.1 Å². The number of nitrogens with zero attached hydrogens (tertiary/aromatic N) is 1. The number of likely N-dealkylation sites (tertiary alicyclic amines) is 1. The van der Waals surface area contributed by atoms with Crippen LogP contribution in [0.5, 0.6) is 0 Å². The highest BCUT2D eigenvalue weighted by atomic mass is 16.6. The fourth-order valence-corrected chi connectivity index (χ4v) is 8.48. The first-order valence-electron chi connectivity index (χ1n) is 12.3. The quantitative estimate of drug-likeness (QED) is 0.702. The molecule has 0 bridgehead atoms. The minimum atomic E-state index is -0.277. The van der Waals surface area contributed by atoms with Gasteiger partial charge in [-0.2, -0.15) is 0 Å². The Morgan fingerprint density at radius 1 is 1.03 bits per heavy atom. The molecule has 2 amide bonds. The van der Waals surface area contributed by atoms with Gasteiger partial charge in [-0.3, -0.25) is 4.79 Å². The number of fused-ring (bicyclic) bond motifs is 5. The van der Waals surface area contributed by atoms with Crippen molar-refractivity contribution in [2.24, 2.45) is 34.5 Å². The topological polar surface area (TPSA) is 58.6 Å². The van der Waals surface area contributed by atoms with Gasteiger partial charge in [0.05, 0.1) is 0 Å². The van der Waals surface area contributed by atoms with Crippen molar-refractivity contribution in [1.29, 1.82) is 0 Å². The monoisotopic (exact) mass is 418 g/mol. The molecule has 3 aliphatic carbocycles. The molecule has 30 heavy (non-hydrogen) atoms. The van der Waals surface area contributed by atoms with Crippen LogP contribution in [0.1, 0.15) is 86.0 Å². The molecule has 0 radical (unpaired) electrons. The second kappa shape index (κ2) is 7.70. The van der Waals surface area contributed by atoms with Gasteiger partial charge in [0.1, 0.15) is 6.10 Å². The number of carbonyl (C=O) groups excluding carboxylic acids is 2. The molecule has 4 fully saturated rings. The lowest BCUT2D eigenvalue weighted by Gasteiger charge is -2.62. The van der Waals surface area contributed by atoms with Crippen LogP contribution in [0.3, 0.4) is 0 Å². The fraction of sp³-hybridized carbons (Fsp3) is 0.920. The molecular weight excluding hydrogens is 376 g/mol. The van der Waals surface area contributed by atoms with Gasteiger partial charge in [0.25, 0.3) is 0 Å². The van der Waals surface area contributed by atoms with Gasteiger partial charge < -0.3 is 15.0 Å². The van der Waals surface area contributed by atoms with E-state index in [0.717, 1.165) is 30.6 Å².